The minimum atomic E-state index is -0.646. The van der Waals surface area contributed by atoms with Gasteiger partial charge < -0.3 is 10.1 Å². The first kappa shape index (κ1) is 16.1. The number of para-hydroxylation sites is 1. The van der Waals surface area contributed by atoms with Crippen LogP contribution in [0.2, 0.25) is 0 Å². The number of hydrogen-bond donors (Lipinski definition) is 1. The van der Waals surface area contributed by atoms with Crippen LogP contribution in [0, 0.1) is 22.7 Å². The monoisotopic (exact) mass is 309 g/mol. The lowest BCUT2D eigenvalue weighted by Gasteiger charge is -2.19. The molecule has 0 aliphatic rings. The van der Waals surface area contributed by atoms with E-state index in [1.807, 2.05) is 0 Å². The number of nitrogens with zero attached hydrogens (tertiary/aromatic N) is 4. The molecule has 1 heterocycles. The van der Waals surface area contributed by atoms with Crippen LogP contribution in [0.4, 0.5) is 10.5 Å². The zero-order chi connectivity index (χ0) is 17.0. The van der Waals surface area contributed by atoms with Gasteiger partial charge in [0, 0.05) is 11.6 Å². The number of aromatic nitrogens is 2. The van der Waals surface area contributed by atoms with Gasteiger partial charge in [-0.25, -0.2) is 4.79 Å². The average molecular weight is 309 g/mol. The van der Waals surface area contributed by atoms with Crippen LogP contribution >= 0.6 is 0 Å². The molecule has 0 bridgehead atoms. The van der Waals surface area contributed by atoms with Gasteiger partial charge in [-0.3, -0.25) is 0 Å². The summed E-state index contributed by atoms with van der Waals surface area (Å²) in [6.07, 6.45) is 2.22. The SMILES string of the molecule is CC(C)(C)OC(=O)n1ncc2cccc(NC=C(C#N)C#N)c21. The van der Waals surface area contributed by atoms with Gasteiger partial charge in [-0.2, -0.15) is 20.3 Å². The van der Waals surface area contributed by atoms with Crippen LogP contribution in [0.3, 0.4) is 0 Å². The van der Waals surface area contributed by atoms with Crippen LogP contribution in [-0.2, 0) is 4.74 Å². The van der Waals surface area contributed by atoms with Crippen LogP contribution in [0.5, 0.6) is 0 Å². The number of carbonyl (C=O) groups is 1. The summed E-state index contributed by atoms with van der Waals surface area (Å²) in [5.74, 6) is 0. The lowest BCUT2D eigenvalue weighted by molar-refractivity contribution is 0.0523. The van der Waals surface area contributed by atoms with Crippen molar-refractivity contribution in [2.45, 2.75) is 26.4 Å². The Morgan fingerprint density at radius 3 is 2.65 bits per heavy atom. The first-order valence-corrected chi connectivity index (χ1v) is 6.83. The van der Waals surface area contributed by atoms with E-state index in [4.69, 9.17) is 15.3 Å². The average Bonchev–Trinajstić information content (AvgIpc) is 2.91. The van der Waals surface area contributed by atoms with Crippen LogP contribution in [0.1, 0.15) is 20.8 Å². The van der Waals surface area contributed by atoms with E-state index in [0.29, 0.717) is 11.2 Å². The van der Waals surface area contributed by atoms with Crippen LogP contribution in [-0.4, -0.2) is 21.5 Å². The fourth-order valence-electron chi connectivity index (χ4n) is 1.88. The topological polar surface area (TPSA) is 104 Å². The summed E-state index contributed by atoms with van der Waals surface area (Å²) in [6.45, 7) is 5.31. The zero-order valence-corrected chi connectivity index (χ0v) is 13.0. The van der Waals surface area contributed by atoms with Gasteiger partial charge in [0.05, 0.1) is 11.9 Å². The summed E-state index contributed by atoms with van der Waals surface area (Å²) in [6, 6.07) is 8.80. The molecular weight excluding hydrogens is 294 g/mol. The Morgan fingerprint density at radius 1 is 1.35 bits per heavy atom. The molecule has 116 valence electrons. The van der Waals surface area contributed by atoms with Crippen molar-refractivity contribution in [3.8, 4) is 12.1 Å². The van der Waals surface area contributed by atoms with E-state index in [9.17, 15) is 4.79 Å². The van der Waals surface area contributed by atoms with Crippen LogP contribution in [0.15, 0.2) is 36.2 Å². The predicted molar refractivity (Wildman–Crippen MR) is 84.3 cm³/mol. The Labute approximate surface area is 133 Å². The van der Waals surface area contributed by atoms with Gasteiger partial charge in [-0.1, -0.05) is 12.1 Å². The van der Waals surface area contributed by atoms with Crippen LogP contribution < -0.4 is 5.32 Å². The van der Waals surface area contributed by atoms with E-state index < -0.39 is 11.7 Å². The summed E-state index contributed by atoms with van der Waals surface area (Å²) in [5.41, 5.74) is 0.319. The zero-order valence-electron chi connectivity index (χ0n) is 13.0. The molecule has 7 heteroatoms. The number of nitrogens with one attached hydrogen (secondary N) is 1. The molecule has 0 aliphatic heterocycles. The molecule has 0 radical (unpaired) electrons. The second kappa shape index (κ2) is 6.20. The van der Waals surface area contributed by atoms with E-state index in [-0.39, 0.29) is 5.57 Å². The van der Waals surface area contributed by atoms with Gasteiger partial charge in [0.15, 0.2) is 0 Å². The number of carbonyl (C=O) groups excluding carboxylic acids is 1. The molecule has 0 fully saturated rings. The van der Waals surface area contributed by atoms with Gasteiger partial charge in [0.25, 0.3) is 0 Å². The first-order valence-electron chi connectivity index (χ1n) is 6.83. The molecule has 0 saturated heterocycles. The second-order valence-electron chi connectivity index (χ2n) is 5.71. The third kappa shape index (κ3) is 3.66. The third-order valence-electron chi connectivity index (χ3n) is 2.77. The van der Waals surface area contributed by atoms with Gasteiger partial charge in [0.2, 0.25) is 0 Å². The highest BCUT2D eigenvalue weighted by atomic mass is 16.6. The van der Waals surface area contributed by atoms with Crippen LogP contribution in [0.25, 0.3) is 10.9 Å². The van der Waals surface area contributed by atoms with Gasteiger partial charge in [-0.05, 0) is 26.8 Å². The highest BCUT2D eigenvalue weighted by Gasteiger charge is 2.21. The van der Waals surface area contributed by atoms with E-state index >= 15 is 0 Å². The second-order valence-corrected chi connectivity index (χ2v) is 5.71. The van der Waals surface area contributed by atoms with Crippen molar-refractivity contribution in [2.24, 2.45) is 0 Å². The largest absolute Gasteiger partial charge is 0.442 e. The maximum absolute atomic E-state index is 12.3. The molecule has 0 spiro atoms. The van der Waals surface area contributed by atoms with Crippen molar-refractivity contribution >= 4 is 22.7 Å². The first-order chi connectivity index (χ1) is 10.9. The number of nitriles is 2. The molecule has 1 aromatic heterocycles. The molecule has 1 N–H and O–H groups in total. The standard InChI is InChI=1S/C16H15N5O2/c1-16(2,3)23-15(22)21-14-12(10-20-21)5-4-6-13(14)19-9-11(7-17)8-18/h4-6,9-10,19H,1-3H3. The normalized spacial score (nSPS) is 10.5. The minimum absolute atomic E-state index is 0.0784. The molecule has 0 amide bonds. The molecule has 2 aromatic rings. The Hall–Kier alpha value is -3.32. The maximum atomic E-state index is 12.3. The highest BCUT2D eigenvalue weighted by molar-refractivity contribution is 5.96. The molecule has 1 aromatic carbocycles. The summed E-state index contributed by atoms with van der Waals surface area (Å²) in [5, 5.41) is 25.2. The van der Waals surface area contributed by atoms with Gasteiger partial charge in [-0.15, -0.1) is 0 Å². The van der Waals surface area contributed by atoms with Gasteiger partial charge in [0.1, 0.15) is 28.8 Å². The van der Waals surface area contributed by atoms with Crippen molar-refractivity contribution in [1.82, 2.24) is 9.78 Å². The number of rotatable bonds is 2. The van der Waals surface area contributed by atoms with Crippen molar-refractivity contribution in [3.05, 3.63) is 36.2 Å². The van der Waals surface area contributed by atoms with Crippen molar-refractivity contribution in [2.75, 3.05) is 5.32 Å². The molecule has 23 heavy (non-hydrogen) atoms. The Balaban J connectivity index is 2.46. The number of hydrogen-bond acceptors (Lipinski definition) is 6. The van der Waals surface area contributed by atoms with E-state index in [0.717, 1.165) is 10.1 Å². The van der Waals surface area contributed by atoms with Crippen molar-refractivity contribution in [1.29, 1.82) is 10.5 Å². The van der Waals surface area contributed by atoms with E-state index in [1.54, 1.807) is 57.3 Å². The molecule has 0 atom stereocenters. The highest BCUT2D eigenvalue weighted by Crippen LogP contribution is 2.24. The third-order valence-corrected chi connectivity index (χ3v) is 2.77. The number of anilines is 1. The summed E-state index contributed by atoms with van der Waals surface area (Å²) < 4.78 is 6.47. The van der Waals surface area contributed by atoms with Crippen molar-refractivity contribution in [3.63, 3.8) is 0 Å². The molecule has 0 unspecified atom stereocenters. The Morgan fingerprint density at radius 2 is 2.04 bits per heavy atom. The number of allylic oxidation sites excluding steroid dienone is 1. The maximum Gasteiger partial charge on any atom is 0.435 e. The summed E-state index contributed by atoms with van der Waals surface area (Å²) >= 11 is 0. The predicted octanol–water partition coefficient (Wildman–Crippen LogP) is 3.16. The number of ether oxygens (including phenoxy) is 1. The fraction of sp³-hybridized carbons (Fsp3) is 0.250. The van der Waals surface area contributed by atoms with E-state index in [2.05, 4.69) is 10.4 Å². The Bertz CT molecular complexity index is 843. The van der Waals surface area contributed by atoms with E-state index in [1.165, 1.54) is 6.20 Å². The molecule has 7 nitrogen and oxygen atoms in total. The summed E-state index contributed by atoms with van der Waals surface area (Å²) in [7, 11) is 0. The quantitative estimate of drug-likeness (QED) is 0.854. The minimum Gasteiger partial charge on any atom is -0.442 e. The Kier molecular flexibility index (Phi) is 4.33. The smallest absolute Gasteiger partial charge is 0.435 e. The lowest BCUT2D eigenvalue weighted by atomic mass is 10.2. The van der Waals surface area contributed by atoms with Gasteiger partial charge >= 0.3 is 6.09 Å². The summed E-state index contributed by atoms with van der Waals surface area (Å²) in [4.78, 5) is 12.3. The number of benzene rings is 1. The molecule has 0 saturated carbocycles. The molecular formula is C16H15N5O2. The molecule has 0 aliphatic carbocycles. The lowest BCUT2D eigenvalue weighted by Crippen LogP contribution is -2.27. The van der Waals surface area contributed by atoms with Crippen molar-refractivity contribution < 1.29 is 9.53 Å². The molecule has 2 rings (SSSR count). The number of fused-ring (bicyclic) bond motifs is 1. The fourth-order valence-corrected chi connectivity index (χ4v) is 1.88.